The quantitative estimate of drug-likeness (QED) is 0.467. The van der Waals surface area contributed by atoms with Crippen molar-refractivity contribution in [1.29, 1.82) is 0 Å². The van der Waals surface area contributed by atoms with E-state index in [1.54, 1.807) is 12.3 Å². The molecular weight excluding hydrogens is 395 g/mol. The van der Waals surface area contributed by atoms with Gasteiger partial charge >= 0.3 is 5.97 Å². The van der Waals surface area contributed by atoms with Gasteiger partial charge in [-0.15, -0.1) is 0 Å². The number of imidazole rings is 1. The Morgan fingerprint density at radius 3 is 2.66 bits per heavy atom. The topological polar surface area (TPSA) is 115 Å². The average Bonchev–Trinajstić information content (AvgIpc) is 3.15. The van der Waals surface area contributed by atoms with E-state index in [2.05, 4.69) is 15.3 Å². The van der Waals surface area contributed by atoms with Crippen molar-refractivity contribution in [3.8, 4) is 0 Å². The van der Waals surface area contributed by atoms with Crippen molar-refractivity contribution in [2.45, 2.75) is 0 Å². The first kappa shape index (κ1) is 19.8. The molecule has 2 N–H and O–H groups in total. The van der Waals surface area contributed by atoms with Crippen LogP contribution in [0.15, 0.2) is 36.8 Å². The molecule has 3 rings (SSSR count). The third-order valence-electron chi connectivity index (χ3n) is 3.53. The van der Waals surface area contributed by atoms with Crippen LogP contribution < -0.4 is 10.6 Å². The summed E-state index contributed by atoms with van der Waals surface area (Å²) in [6.07, 6.45) is 4.47. The van der Waals surface area contributed by atoms with Crippen LogP contribution in [0.1, 0.15) is 10.5 Å². The molecule has 2 aromatic heterocycles. The lowest BCUT2D eigenvalue weighted by molar-refractivity contribution is -0.126. The highest BCUT2D eigenvalue weighted by atomic mass is 19.2. The number of rotatable bonds is 6. The van der Waals surface area contributed by atoms with Gasteiger partial charge in [-0.05, 0) is 18.2 Å². The molecule has 2 amide bonds. The zero-order valence-corrected chi connectivity index (χ0v) is 14.5. The van der Waals surface area contributed by atoms with Crippen molar-refractivity contribution in [2.75, 3.05) is 18.5 Å². The summed E-state index contributed by atoms with van der Waals surface area (Å²) >= 11 is 0. The van der Waals surface area contributed by atoms with E-state index in [9.17, 15) is 27.6 Å². The van der Waals surface area contributed by atoms with Gasteiger partial charge in [0.2, 0.25) is 11.7 Å². The maximum absolute atomic E-state index is 13.5. The third-order valence-corrected chi connectivity index (χ3v) is 3.53. The minimum absolute atomic E-state index is 0.0666. The highest BCUT2D eigenvalue weighted by Gasteiger charge is 2.17. The van der Waals surface area contributed by atoms with Gasteiger partial charge in [-0.1, -0.05) is 0 Å². The smallest absolute Gasteiger partial charge is 0.359 e. The van der Waals surface area contributed by atoms with Crippen LogP contribution in [-0.2, 0) is 14.3 Å². The lowest BCUT2D eigenvalue weighted by Crippen LogP contribution is -2.35. The number of aromatic nitrogens is 3. The van der Waals surface area contributed by atoms with E-state index in [1.807, 2.05) is 5.32 Å². The lowest BCUT2D eigenvalue weighted by Gasteiger charge is -2.08. The summed E-state index contributed by atoms with van der Waals surface area (Å²) in [5, 5.41) is 4.10. The number of hydrogen-bond donors (Lipinski definition) is 2. The van der Waals surface area contributed by atoms with Gasteiger partial charge in [-0.3, -0.25) is 14.0 Å². The summed E-state index contributed by atoms with van der Waals surface area (Å²) in [6, 6.07) is 3.11. The summed E-state index contributed by atoms with van der Waals surface area (Å²) in [6.45, 7) is -1.32. The number of hydrogen-bond acceptors (Lipinski definition) is 6. The number of carbonyl (C=O) groups is 3. The van der Waals surface area contributed by atoms with Gasteiger partial charge in [-0.2, -0.15) is 0 Å². The zero-order valence-electron chi connectivity index (χ0n) is 14.5. The maximum Gasteiger partial charge on any atom is 0.359 e. The predicted molar refractivity (Wildman–Crippen MR) is 91.2 cm³/mol. The molecule has 0 spiro atoms. The molecule has 0 saturated carbocycles. The molecule has 2 heterocycles. The van der Waals surface area contributed by atoms with E-state index < -0.39 is 54.1 Å². The van der Waals surface area contributed by atoms with Crippen molar-refractivity contribution in [3.05, 3.63) is 59.9 Å². The number of carbonyl (C=O) groups excluding carboxylic acids is 3. The number of nitrogens with one attached hydrogen (secondary N) is 2. The Hall–Kier alpha value is -3.96. The summed E-state index contributed by atoms with van der Waals surface area (Å²) in [5.74, 6) is -7.04. The number of ether oxygens (including phenoxy) is 1. The second kappa shape index (κ2) is 8.37. The van der Waals surface area contributed by atoms with Crippen LogP contribution >= 0.6 is 0 Å². The largest absolute Gasteiger partial charge is 0.451 e. The lowest BCUT2D eigenvalue weighted by atomic mass is 10.2. The van der Waals surface area contributed by atoms with E-state index >= 15 is 0 Å². The molecule has 0 saturated heterocycles. The fourth-order valence-corrected chi connectivity index (χ4v) is 2.18. The Morgan fingerprint density at radius 2 is 1.90 bits per heavy atom. The number of benzene rings is 1. The van der Waals surface area contributed by atoms with Crippen LogP contribution in [0.2, 0.25) is 0 Å². The summed E-state index contributed by atoms with van der Waals surface area (Å²) < 4.78 is 45.7. The normalized spacial score (nSPS) is 10.6. The molecule has 0 unspecified atom stereocenters. The molecular formula is C17H12F3N5O4. The van der Waals surface area contributed by atoms with Crippen LogP contribution in [0.4, 0.5) is 18.9 Å². The maximum atomic E-state index is 13.5. The van der Waals surface area contributed by atoms with Gasteiger partial charge in [0.1, 0.15) is 0 Å². The monoisotopic (exact) mass is 407 g/mol. The van der Waals surface area contributed by atoms with Gasteiger partial charge in [-0.25, -0.2) is 27.9 Å². The Morgan fingerprint density at radius 1 is 1.10 bits per heavy atom. The third kappa shape index (κ3) is 4.66. The average molecular weight is 407 g/mol. The van der Waals surface area contributed by atoms with Crippen LogP contribution in [0.5, 0.6) is 0 Å². The minimum atomic E-state index is -1.74. The molecule has 9 nitrogen and oxygen atoms in total. The Bertz CT molecular complexity index is 1070. The molecule has 3 aromatic rings. The van der Waals surface area contributed by atoms with E-state index in [4.69, 9.17) is 4.74 Å². The predicted octanol–water partition coefficient (Wildman–Crippen LogP) is 1.06. The fourth-order valence-electron chi connectivity index (χ4n) is 2.18. The number of halogens is 3. The fraction of sp³-hybridized carbons (Fsp3) is 0.118. The first-order valence-electron chi connectivity index (χ1n) is 8.02. The first-order chi connectivity index (χ1) is 13.8. The van der Waals surface area contributed by atoms with Gasteiger partial charge in [0, 0.05) is 18.6 Å². The number of fused-ring (bicyclic) bond motifs is 1. The Balaban J connectivity index is 1.46. The van der Waals surface area contributed by atoms with Gasteiger partial charge in [0.25, 0.3) is 5.91 Å². The molecule has 0 atom stereocenters. The van der Waals surface area contributed by atoms with E-state index in [1.165, 1.54) is 16.8 Å². The van der Waals surface area contributed by atoms with Crippen LogP contribution in [0, 0.1) is 17.5 Å². The Labute approximate surface area is 160 Å². The van der Waals surface area contributed by atoms with Crippen molar-refractivity contribution in [1.82, 2.24) is 19.7 Å². The molecule has 1 aromatic carbocycles. The second-order valence-corrected chi connectivity index (χ2v) is 5.58. The molecule has 29 heavy (non-hydrogen) atoms. The molecule has 0 bridgehead atoms. The molecule has 0 aliphatic heterocycles. The van der Waals surface area contributed by atoms with Crippen molar-refractivity contribution >= 4 is 29.2 Å². The molecule has 0 radical (unpaired) electrons. The molecule has 0 fully saturated rings. The summed E-state index contributed by atoms with van der Waals surface area (Å²) in [7, 11) is 0. The van der Waals surface area contributed by atoms with Gasteiger partial charge in [0.15, 0.2) is 29.8 Å². The summed E-state index contributed by atoms with van der Waals surface area (Å²) in [5.41, 5.74) is -0.655. The van der Waals surface area contributed by atoms with E-state index in [-0.39, 0.29) is 11.5 Å². The van der Waals surface area contributed by atoms with E-state index in [0.717, 1.165) is 6.07 Å². The molecule has 12 heteroatoms. The highest BCUT2D eigenvalue weighted by Crippen LogP contribution is 2.19. The van der Waals surface area contributed by atoms with Crippen LogP contribution in [-0.4, -0.2) is 45.3 Å². The number of anilines is 1. The van der Waals surface area contributed by atoms with E-state index in [0.29, 0.717) is 6.07 Å². The van der Waals surface area contributed by atoms with Crippen molar-refractivity contribution in [3.63, 3.8) is 0 Å². The Kier molecular flexibility index (Phi) is 5.71. The molecule has 0 aliphatic rings. The van der Waals surface area contributed by atoms with Crippen LogP contribution in [0.3, 0.4) is 0 Å². The SMILES string of the molecule is O=C(COC(=O)c1cn2cccnc2n1)NCC(=O)Nc1ccc(F)c(F)c1F. The van der Waals surface area contributed by atoms with Crippen molar-refractivity contribution < 1.29 is 32.3 Å². The minimum Gasteiger partial charge on any atom is -0.451 e. The van der Waals surface area contributed by atoms with Gasteiger partial charge < -0.3 is 15.4 Å². The molecule has 150 valence electrons. The number of nitrogens with zero attached hydrogens (tertiary/aromatic N) is 3. The van der Waals surface area contributed by atoms with Crippen molar-refractivity contribution in [2.24, 2.45) is 0 Å². The standard InChI is InChI=1S/C17H12F3N5O4/c18-9-2-3-10(15(20)14(9)19)23-12(26)6-22-13(27)8-29-16(28)11-7-25-5-1-4-21-17(25)24-11/h1-5,7H,6,8H2,(H,22,27)(H,23,26). The van der Waals surface area contributed by atoms with Gasteiger partial charge in [0.05, 0.1) is 12.2 Å². The molecule has 0 aliphatic carbocycles. The number of amides is 2. The number of esters is 1. The first-order valence-corrected chi connectivity index (χ1v) is 8.02. The zero-order chi connectivity index (χ0) is 21.0. The summed E-state index contributed by atoms with van der Waals surface area (Å²) in [4.78, 5) is 43.1. The highest BCUT2D eigenvalue weighted by molar-refractivity contribution is 5.95. The van der Waals surface area contributed by atoms with Crippen LogP contribution in [0.25, 0.3) is 5.78 Å². The second-order valence-electron chi connectivity index (χ2n) is 5.58.